The Labute approximate surface area is 134 Å². The lowest BCUT2D eigenvalue weighted by molar-refractivity contribution is -0.131. The Bertz CT molecular complexity index is 513. The summed E-state index contributed by atoms with van der Waals surface area (Å²) in [6.45, 7) is 3.68. The van der Waals surface area contributed by atoms with Crippen molar-refractivity contribution in [1.82, 2.24) is 4.90 Å². The van der Waals surface area contributed by atoms with Crippen molar-refractivity contribution < 1.29 is 9.59 Å². The smallest absolute Gasteiger partial charge is 0.224 e. The first-order valence-corrected chi connectivity index (χ1v) is 8.18. The highest BCUT2D eigenvalue weighted by molar-refractivity contribution is 9.10. The first-order chi connectivity index (χ1) is 10.1. The highest BCUT2D eigenvalue weighted by Crippen LogP contribution is 2.20. The molecule has 1 aliphatic heterocycles. The number of piperidine rings is 1. The number of hydrogen-bond donors (Lipinski definition) is 0. The van der Waals surface area contributed by atoms with Crippen LogP contribution >= 0.6 is 15.9 Å². The van der Waals surface area contributed by atoms with Crippen molar-refractivity contribution in [3.05, 3.63) is 28.7 Å². The molecule has 2 amide bonds. The van der Waals surface area contributed by atoms with Crippen LogP contribution in [0.4, 0.5) is 5.69 Å². The number of benzene rings is 1. The van der Waals surface area contributed by atoms with Crippen LogP contribution in [0.25, 0.3) is 0 Å². The Morgan fingerprint density at radius 1 is 1.24 bits per heavy atom. The maximum absolute atomic E-state index is 12.2. The van der Waals surface area contributed by atoms with Crippen LogP contribution in [0.5, 0.6) is 0 Å². The molecule has 4 nitrogen and oxygen atoms in total. The summed E-state index contributed by atoms with van der Waals surface area (Å²) >= 11 is 3.41. The number of rotatable bonds is 4. The lowest BCUT2D eigenvalue weighted by atomic mass is 10.1. The number of anilines is 1. The molecule has 1 aromatic carbocycles. The third kappa shape index (κ3) is 4.56. The van der Waals surface area contributed by atoms with Gasteiger partial charge in [-0.3, -0.25) is 9.59 Å². The molecular formula is C16H21BrN2O2. The van der Waals surface area contributed by atoms with Gasteiger partial charge in [0.25, 0.3) is 0 Å². The summed E-state index contributed by atoms with van der Waals surface area (Å²) in [4.78, 5) is 27.6. The van der Waals surface area contributed by atoms with Crippen molar-refractivity contribution in [2.45, 2.75) is 32.6 Å². The Balaban J connectivity index is 1.97. The zero-order valence-electron chi connectivity index (χ0n) is 12.3. The fraction of sp³-hybridized carbons (Fsp3) is 0.500. The van der Waals surface area contributed by atoms with Crippen LogP contribution in [0.1, 0.15) is 32.6 Å². The zero-order valence-corrected chi connectivity index (χ0v) is 13.9. The molecule has 1 aromatic rings. The van der Waals surface area contributed by atoms with Crippen LogP contribution in [0, 0.1) is 0 Å². The van der Waals surface area contributed by atoms with Gasteiger partial charge in [-0.25, -0.2) is 0 Å². The summed E-state index contributed by atoms with van der Waals surface area (Å²) < 4.78 is 0.925. The van der Waals surface area contributed by atoms with Gasteiger partial charge in [0.05, 0.1) is 0 Å². The topological polar surface area (TPSA) is 40.6 Å². The minimum Gasteiger partial charge on any atom is -0.343 e. The van der Waals surface area contributed by atoms with Gasteiger partial charge in [0.2, 0.25) is 11.8 Å². The van der Waals surface area contributed by atoms with E-state index in [1.54, 1.807) is 4.90 Å². The van der Waals surface area contributed by atoms with Crippen LogP contribution < -0.4 is 4.90 Å². The molecule has 0 saturated carbocycles. The molecule has 0 spiro atoms. The molecule has 1 heterocycles. The molecule has 0 radical (unpaired) electrons. The maximum Gasteiger partial charge on any atom is 0.224 e. The van der Waals surface area contributed by atoms with Crippen molar-refractivity contribution in [2.75, 3.05) is 24.5 Å². The molecule has 0 atom stereocenters. The molecule has 0 N–H and O–H groups in total. The molecule has 1 aliphatic rings. The van der Waals surface area contributed by atoms with E-state index in [4.69, 9.17) is 0 Å². The molecule has 0 bridgehead atoms. The standard InChI is InChI=1S/C16H21BrN2O2/c1-13(20)19(15-7-5-6-14(17)12-15)11-8-16(21)18-9-3-2-4-10-18/h5-7,12H,2-4,8-11H2,1H3. The van der Waals surface area contributed by atoms with Gasteiger partial charge in [0.15, 0.2) is 0 Å². The van der Waals surface area contributed by atoms with Crippen LogP contribution in [-0.2, 0) is 9.59 Å². The van der Waals surface area contributed by atoms with Crippen LogP contribution in [0.2, 0.25) is 0 Å². The molecular weight excluding hydrogens is 332 g/mol. The van der Waals surface area contributed by atoms with E-state index in [-0.39, 0.29) is 11.8 Å². The van der Waals surface area contributed by atoms with Crippen molar-refractivity contribution in [3.8, 4) is 0 Å². The molecule has 1 fully saturated rings. The third-order valence-corrected chi connectivity index (χ3v) is 4.25. The first kappa shape index (κ1) is 16.0. The van der Waals surface area contributed by atoms with Gasteiger partial charge in [-0.2, -0.15) is 0 Å². The summed E-state index contributed by atoms with van der Waals surface area (Å²) in [7, 11) is 0. The fourth-order valence-corrected chi connectivity index (χ4v) is 3.01. The average Bonchev–Trinajstić information content (AvgIpc) is 2.48. The van der Waals surface area contributed by atoms with Crippen LogP contribution in [-0.4, -0.2) is 36.3 Å². The number of amides is 2. The Morgan fingerprint density at radius 2 is 1.95 bits per heavy atom. The summed E-state index contributed by atoms with van der Waals surface area (Å²) in [5.41, 5.74) is 0.823. The number of carbonyl (C=O) groups is 2. The second-order valence-electron chi connectivity index (χ2n) is 5.34. The van der Waals surface area contributed by atoms with Crippen LogP contribution in [0.15, 0.2) is 28.7 Å². The monoisotopic (exact) mass is 352 g/mol. The van der Waals surface area contributed by atoms with E-state index >= 15 is 0 Å². The highest BCUT2D eigenvalue weighted by Gasteiger charge is 2.19. The quantitative estimate of drug-likeness (QED) is 0.834. The lowest BCUT2D eigenvalue weighted by Gasteiger charge is -2.28. The third-order valence-electron chi connectivity index (χ3n) is 3.76. The van der Waals surface area contributed by atoms with Crippen molar-refractivity contribution >= 4 is 33.4 Å². The Morgan fingerprint density at radius 3 is 2.57 bits per heavy atom. The maximum atomic E-state index is 12.2. The summed E-state index contributed by atoms with van der Waals surface area (Å²) in [5.74, 6) is 0.107. The van der Waals surface area contributed by atoms with Crippen molar-refractivity contribution in [3.63, 3.8) is 0 Å². The second kappa shape index (κ2) is 7.59. The van der Waals surface area contributed by atoms with Gasteiger partial charge in [0, 0.05) is 43.1 Å². The molecule has 1 saturated heterocycles. The van der Waals surface area contributed by atoms with Crippen molar-refractivity contribution in [1.29, 1.82) is 0 Å². The number of halogens is 1. The summed E-state index contributed by atoms with van der Waals surface area (Å²) in [6.07, 6.45) is 3.77. The number of carbonyl (C=O) groups excluding carboxylic acids is 2. The molecule has 0 aliphatic carbocycles. The van der Waals surface area contributed by atoms with Gasteiger partial charge in [0.1, 0.15) is 0 Å². The minimum atomic E-state index is -0.0421. The lowest BCUT2D eigenvalue weighted by Crippen LogP contribution is -2.38. The van der Waals surface area contributed by atoms with Gasteiger partial charge in [-0.15, -0.1) is 0 Å². The van der Waals surface area contributed by atoms with E-state index in [0.29, 0.717) is 13.0 Å². The van der Waals surface area contributed by atoms with Gasteiger partial charge >= 0.3 is 0 Å². The first-order valence-electron chi connectivity index (χ1n) is 7.39. The summed E-state index contributed by atoms with van der Waals surface area (Å²) in [6, 6.07) is 7.59. The van der Waals surface area contributed by atoms with E-state index in [0.717, 1.165) is 36.1 Å². The Kier molecular flexibility index (Phi) is 5.79. The van der Waals surface area contributed by atoms with Gasteiger partial charge in [-0.1, -0.05) is 22.0 Å². The predicted octanol–water partition coefficient (Wildman–Crippen LogP) is 3.20. The molecule has 5 heteroatoms. The number of nitrogens with zero attached hydrogens (tertiary/aromatic N) is 2. The van der Waals surface area contributed by atoms with E-state index in [2.05, 4.69) is 15.9 Å². The number of likely N-dealkylation sites (tertiary alicyclic amines) is 1. The average molecular weight is 353 g/mol. The van der Waals surface area contributed by atoms with Gasteiger partial charge < -0.3 is 9.80 Å². The van der Waals surface area contributed by atoms with Crippen LogP contribution in [0.3, 0.4) is 0 Å². The van der Waals surface area contributed by atoms with Gasteiger partial charge in [-0.05, 0) is 37.5 Å². The number of hydrogen-bond acceptors (Lipinski definition) is 2. The largest absolute Gasteiger partial charge is 0.343 e. The van der Waals surface area contributed by atoms with E-state index < -0.39 is 0 Å². The van der Waals surface area contributed by atoms with E-state index in [1.165, 1.54) is 13.3 Å². The van der Waals surface area contributed by atoms with E-state index in [1.807, 2.05) is 29.2 Å². The highest BCUT2D eigenvalue weighted by atomic mass is 79.9. The predicted molar refractivity (Wildman–Crippen MR) is 87.2 cm³/mol. The molecule has 114 valence electrons. The SMILES string of the molecule is CC(=O)N(CCC(=O)N1CCCCC1)c1cccc(Br)c1. The normalized spacial score (nSPS) is 14.9. The van der Waals surface area contributed by atoms with E-state index in [9.17, 15) is 9.59 Å². The fourth-order valence-electron chi connectivity index (χ4n) is 2.62. The Hall–Kier alpha value is -1.36. The molecule has 0 unspecified atom stereocenters. The molecule has 21 heavy (non-hydrogen) atoms. The van der Waals surface area contributed by atoms with Crippen molar-refractivity contribution in [2.24, 2.45) is 0 Å². The zero-order chi connectivity index (χ0) is 15.2. The minimum absolute atomic E-state index is 0.0421. The summed E-state index contributed by atoms with van der Waals surface area (Å²) in [5, 5.41) is 0. The second-order valence-corrected chi connectivity index (χ2v) is 6.26. The molecule has 0 aromatic heterocycles. The molecule has 2 rings (SSSR count).